The van der Waals surface area contributed by atoms with E-state index in [1.165, 1.54) is 29.9 Å². The minimum Gasteiger partial charge on any atom is -0.468 e. The zero-order valence-electron chi connectivity index (χ0n) is 11.6. The number of hydrogen-bond acceptors (Lipinski definition) is 5. The van der Waals surface area contributed by atoms with Gasteiger partial charge in [-0.25, -0.2) is 9.37 Å². The maximum Gasteiger partial charge on any atom is 0.488 e. The molecule has 0 radical (unpaired) electrons. The molecule has 0 amide bonds. The standard InChI is InChI=1S/C13H14BFN2O4/c1-8-5-12(18)17(13(16-8)21-2)7-9-3-4-10(14(19)20)6-11(9)15/h3-6,19-20H,7H2,1-2H3. The fourth-order valence-electron chi connectivity index (χ4n) is 1.92. The van der Waals surface area contributed by atoms with Crippen LogP contribution in [0.25, 0.3) is 0 Å². The summed E-state index contributed by atoms with van der Waals surface area (Å²) in [7, 11) is -0.369. The highest BCUT2D eigenvalue weighted by molar-refractivity contribution is 6.58. The number of nitrogens with zero attached hydrogens (tertiary/aromatic N) is 2. The monoisotopic (exact) mass is 292 g/mol. The van der Waals surface area contributed by atoms with Crippen molar-refractivity contribution in [1.82, 2.24) is 9.55 Å². The highest BCUT2D eigenvalue weighted by Crippen LogP contribution is 2.11. The zero-order chi connectivity index (χ0) is 15.6. The topological polar surface area (TPSA) is 84.6 Å². The fraction of sp³-hybridized carbons (Fsp3) is 0.231. The van der Waals surface area contributed by atoms with Crippen molar-refractivity contribution in [2.24, 2.45) is 0 Å². The molecule has 0 aliphatic carbocycles. The van der Waals surface area contributed by atoms with E-state index < -0.39 is 12.9 Å². The van der Waals surface area contributed by atoms with Crippen molar-refractivity contribution in [3.8, 4) is 6.01 Å². The van der Waals surface area contributed by atoms with Crippen molar-refractivity contribution in [3.05, 3.63) is 51.7 Å². The van der Waals surface area contributed by atoms with Gasteiger partial charge in [0.05, 0.1) is 13.7 Å². The van der Waals surface area contributed by atoms with Crippen LogP contribution in [0.1, 0.15) is 11.3 Å². The first-order valence-corrected chi connectivity index (χ1v) is 6.19. The Labute approximate surface area is 120 Å². The van der Waals surface area contributed by atoms with E-state index in [1.807, 2.05) is 0 Å². The third-order valence-corrected chi connectivity index (χ3v) is 2.99. The van der Waals surface area contributed by atoms with Gasteiger partial charge in [0.25, 0.3) is 11.6 Å². The summed E-state index contributed by atoms with van der Waals surface area (Å²) >= 11 is 0. The molecule has 21 heavy (non-hydrogen) atoms. The van der Waals surface area contributed by atoms with E-state index in [-0.39, 0.29) is 29.1 Å². The molecule has 0 bridgehead atoms. The molecule has 2 N–H and O–H groups in total. The van der Waals surface area contributed by atoms with Crippen LogP contribution >= 0.6 is 0 Å². The summed E-state index contributed by atoms with van der Waals surface area (Å²) in [6.07, 6.45) is 0. The van der Waals surface area contributed by atoms with Crippen molar-refractivity contribution in [1.29, 1.82) is 0 Å². The molecule has 8 heteroatoms. The normalized spacial score (nSPS) is 10.5. The summed E-state index contributed by atoms with van der Waals surface area (Å²) in [5.41, 5.74) is 0.403. The van der Waals surface area contributed by atoms with Gasteiger partial charge in [-0.15, -0.1) is 0 Å². The molecule has 110 valence electrons. The fourth-order valence-corrected chi connectivity index (χ4v) is 1.92. The van der Waals surface area contributed by atoms with Crippen molar-refractivity contribution in [2.45, 2.75) is 13.5 Å². The van der Waals surface area contributed by atoms with Crippen LogP contribution in [0.3, 0.4) is 0 Å². The number of rotatable bonds is 4. The quantitative estimate of drug-likeness (QED) is 0.737. The van der Waals surface area contributed by atoms with Crippen LogP contribution in [0.15, 0.2) is 29.1 Å². The van der Waals surface area contributed by atoms with Gasteiger partial charge < -0.3 is 14.8 Å². The molecule has 0 atom stereocenters. The smallest absolute Gasteiger partial charge is 0.468 e. The lowest BCUT2D eigenvalue weighted by atomic mass is 9.80. The first-order valence-electron chi connectivity index (χ1n) is 6.19. The molecule has 1 heterocycles. The SMILES string of the molecule is COc1nc(C)cc(=O)n1Cc1ccc(B(O)O)cc1F. The van der Waals surface area contributed by atoms with Gasteiger partial charge in [-0.3, -0.25) is 9.36 Å². The lowest BCUT2D eigenvalue weighted by molar-refractivity contribution is 0.349. The highest BCUT2D eigenvalue weighted by atomic mass is 19.1. The highest BCUT2D eigenvalue weighted by Gasteiger charge is 2.15. The third kappa shape index (κ3) is 3.29. The Hall–Kier alpha value is -2.19. The second-order valence-electron chi connectivity index (χ2n) is 4.53. The van der Waals surface area contributed by atoms with Crippen LogP contribution in [0.2, 0.25) is 0 Å². The number of aromatic nitrogens is 2. The van der Waals surface area contributed by atoms with Crippen molar-refractivity contribution < 1.29 is 19.2 Å². The van der Waals surface area contributed by atoms with Crippen LogP contribution < -0.4 is 15.8 Å². The van der Waals surface area contributed by atoms with Gasteiger partial charge in [0.1, 0.15) is 5.82 Å². The van der Waals surface area contributed by atoms with E-state index in [4.69, 9.17) is 14.8 Å². The molecule has 0 fully saturated rings. The van der Waals surface area contributed by atoms with Crippen LogP contribution in [0.4, 0.5) is 4.39 Å². The molecule has 1 aromatic carbocycles. The molecule has 0 aliphatic rings. The second-order valence-corrected chi connectivity index (χ2v) is 4.53. The van der Waals surface area contributed by atoms with Crippen molar-refractivity contribution >= 4 is 12.6 Å². The Morgan fingerprint density at radius 2 is 2.10 bits per heavy atom. The number of benzene rings is 1. The van der Waals surface area contributed by atoms with Crippen LogP contribution in [-0.2, 0) is 6.54 Å². The molecule has 0 saturated heterocycles. The summed E-state index contributed by atoms with van der Waals surface area (Å²) in [5, 5.41) is 18.0. The van der Waals surface area contributed by atoms with E-state index in [2.05, 4.69) is 4.98 Å². The van der Waals surface area contributed by atoms with E-state index >= 15 is 0 Å². The van der Waals surface area contributed by atoms with Crippen molar-refractivity contribution in [2.75, 3.05) is 7.11 Å². The predicted octanol–water partition coefficient (Wildman–Crippen LogP) is -0.572. The van der Waals surface area contributed by atoms with E-state index in [1.54, 1.807) is 6.92 Å². The summed E-state index contributed by atoms with van der Waals surface area (Å²) in [6.45, 7) is 1.59. The van der Waals surface area contributed by atoms with Gasteiger partial charge in [0.2, 0.25) is 0 Å². The van der Waals surface area contributed by atoms with Gasteiger partial charge in [-0.1, -0.05) is 12.1 Å². The number of hydrogen-bond donors (Lipinski definition) is 2. The molecule has 2 rings (SSSR count). The van der Waals surface area contributed by atoms with E-state index in [0.29, 0.717) is 5.69 Å². The van der Waals surface area contributed by atoms with Gasteiger partial charge in [0.15, 0.2) is 0 Å². The molecule has 2 aromatic rings. The number of aryl methyl sites for hydroxylation is 1. The lowest BCUT2D eigenvalue weighted by Gasteiger charge is -2.12. The van der Waals surface area contributed by atoms with Crippen LogP contribution in [0.5, 0.6) is 6.01 Å². The maximum atomic E-state index is 13.9. The number of methoxy groups -OCH3 is 1. The van der Waals surface area contributed by atoms with Gasteiger partial charge in [-0.2, -0.15) is 0 Å². The summed E-state index contributed by atoms with van der Waals surface area (Å²) in [5.74, 6) is -0.643. The Morgan fingerprint density at radius 3 is 2.67 bits per heavy atom. The number of halogens is 1. The first kappa shape index (κ1) is 15.2. The lowest BCUT2D eigenvalue weighted by Crippen LogP contribution is -2.30. The predicted molar refractivity (Wildman–Crippen MR) is 75.1 cm³/mol. The largest absolute Gasteiger partial charge is 0.488 e. The van der Waals surface area contributed by atoms with Gasteiger partial charge >= 0.3 is 7.12 Å². The Balaban J connectivity index is 2.41. The summed E-state index contributed by atoms with van der Waals surface area (Å²) in [6, 6.07) is 5.19. The molecule has 0 unspecified atom stereocenters. The van der Waals surface area contributed by atoms with Crippen molar-refractivity contribution in [3.63, 3.8) is 0 Å². The molecule has 0 aliphatic heterocycles. The first-order chi connectivity index (χ1) is 9.92. The number of ether oxygens (including phenoxy) is 1. The molecule has 6 nitrogen and oxygen atoms in total. The van der Waals surface area contributed by atoms with E-state index in [9.17, 15) is 9.18 Å². The Morgan fingerprint density at radius 1 is 1.38 bits per heavy atom. The zero-order valence-corrected chi connectivity index (χ0v) is 11.6. The maximum absolute atomic E-state index is 13.9. The molecule has 1 aromatic heterocycles. The average Bonchev–Trinajstić information content (AvgIpc) is 2.42. The van der Waals surface area contributed by atoms with Gasteiger partial charge in [-0.05, 0) is 18.5 Å². The van der Waals surface area contributed by atoms with Crippen LogP contribution in [0, 0.1) is 12.7 Å². The third-order valence-electron chi connectivity index (χ3n) is 2.99. The summed E-state index contributed by atoms with van der Waals surface area (Å²) < 4.78 is 20.2. The Bertz CT molecular complexity index is 718. The van der Waals surface area contributed by atoms with Gasteiger partial charge in [0, 0.05) is 17.3 Å². The molecular formula is C13H14BFN2O4. The van der Waals surface area contributed by atoms with E-state index in [0.717, 1.165) is 6.07 Å². The summed E-state index contributed by atoms with van der Waals surface area (Å²) in [4.78, 5) is 16.0. The minimum atomic E-state index is -1.74. The minimum absolute atomic E-state index is 0.0394. The molecular weight excluding hydrogens is 278 g/mol. The second kappa shape index (κ2) is 6.07. The molecule has 0 saturated carbocycles. The molecule has 0 spiro atoms. The average molecular weight is 292 g/mol. The van der Waals surface area contributed by atoms with Crippen LogP contribution in [-0.4, -0.2) is 33.8 Å². The Kier molecular flexibility index (Phi) is 4.39.